The van der Waals surface area contributed by atoms with Gasteiger partial charge in [-0.05, 0) is 44.7 Å². The zero-order valence-electron chi connectivity index (χ0n) is 10.1. The van der Waals surface area contributed by atoms with Crippen molar-refractivity contribution in [2.45, 2.75) is 52.5 Å². The molecular weight excluding hydrogens is 184 g/mol. The maximum Gasteiger partial charge on any atom is 0.0427 e. The van der Waals surface area contributed by atoms with E-state index in [4.69, 9.17) is 0 Å². The number of nitrogens with one attached hydrogen (secondary N) is 1. The van der Waals surface area contributed by atoms with Gasteiger partial charge in [-0.1, -0.05) is 19.8 Å². The third-order valence-corrected chi connectivity index (χ3v) is 3.52. The second-order valence-electron chi connectivity index (χ2n) is 5.05. The van der Waals surface area contributed by atoms with Crippen molar-refractivity contribution in [1.82, 2.24) is 4.68 Å². The molecular formula is C13H22N2. The van der Waals surface area contributed by atoms with Gasteiger partial charge in [-0.15, -0.1) is 0 Å². The van der Waals surface area contributed by atoms with Crippen molar-refractivity contribution in [3.05, 3.63) is 23.5 Å². The average molecular weight is 206 g/mol. The summed E-state index contributed by atoms with van der Waals surface area (Å²) in [7, 11) is 0. The van der Waals surface area contributed by atoms with Crippen LogP contribution in [0.15, 0.2) is 12.1 Å². The molecule has 0 bridgehead atoms. The van der Waals surface area contributed by atoms with Crippen LogP contribution in [-0.2, 0) is 0 Å². The minimum atomic E-state index is 0.665. The molecule has 2 heteroatoms. The van der Waals surface area contributed by atoms with E-state index < -0.39 is 0 Å². The third kappa shape index (κ3) is 2.36. The van der Waals surface area contributed by atoms with Crippen molar-refractivity contribution < 1.29 is 0 Å². The van der Waals surface area contributed by atoms with E-state index in [1.165, 1.54) is 37.1 Å². The summed E-state index contributed by atoms with van der Waals surface area (Å²) in [6.45, 7) is 6.68. The van der Waals surface area contributed by atoms with E-state index in [-0.39, 0.29) is 0 Å². The molecule has 0 spiro atoms. The Hall–Kier alpha value is -0.920. The van der Waals surface area contributed by atoms with Crippen LogP contribution in [0.1, 0.15) is 44.0 Å². The normalized spacial score (nSPS) is 26.6. The average Bonchev–Trinajstić information content (AvgIpc) is 2.50. The Bertz CT molecular complexity index is 308. The molecule has 0 amide bonds. The van der Waals surface area contributed by atoms with Crippen LogP contribution in [0.5, 0.6) is 0 Å². The van der Waals surface area contributed by atoms with Gasteiger partial charge < -0.3 is 5.43 Å². The van der Waals surface area contributed by atoms with Crippen LogP contribution in [0.25, 0.3) is 0 Å². The molecule has 2 unspecified atom stereocenters. The number of hydrogen-bond donors (Lipinski definition) is 1. The lowest BCUT2D eigenvalue weighted by molar-refractivity contribution is 0.343. The molecule has 1 aromatic rings. The molecule has 1 aliphatic rings. The summed E-state index contributed by atoms with van der Waals surface area (Å²) in [4.78, 5) is 0. The van der Waals surface area contributed by atoms with Gasteiger partial charge in [-0.3, -0.25) is 4.68 Å². The first-order valence-corrected chi connectivity index (χ1v) is 6.08. The van der Waals surface area contributed by atoms with Crippen molar-refractivity contribution >= 4 is 0 Å². The Balaban J connectivity index is 2.02. The van der Waals surface area contributed by atoms with Crippen LogP contribution in [0.2, 0.25) is 0 Å². The van der Waals surface area contributed by atoms with E-state index in [1.807, 2.05) is 0 Å². The minimum absolute atomic E-state index is 0.665. The molecule has 1 aromatic heterocycles. The first kappa shape index (κ1) is 10.6. The SMILES string of the molecule is Cc1ccc(C)n1NC1CCCC(C)C1. The van der Waals surface area contributed by atoms with Crippen LogP contribution in [0.3, 0.4) is 0 Å². The highest BCUT2D eigenvalue weighted by Crippen LogP contribution is 2.24. The Kier molecular flexibility index (Phi) is 3.03. The molecule has 2 nitrogen and oxygen atoms in total. The predicted molar refractivity (Wildman–Crippen MR) is 64.7 cm³/mol. The van der Waals surface area contributed by atoms with Crippen LogP contribution in [0.4, 0.5) is 0 Å². The molecule has 1 heterocycles. The Labute approximate surface area is 92.6 Å². The summed E-state index contributed by atoms with van der Waals surface area (Å²) in [5.74, 6) is 0.882. The molecule has 1 fully saturated rings. The number of aromatic nitrogens is 1. The topological polar surface area (TPSA) is 17.0 Å². The summed E-state index contributed by atoms with van der Waals surface area (Å²) < 4.78 is 2.24. The van der Waals surface area contributed by atoms with Gasteiger partial charge in [0.25, 0.3) is 0 Å². The van der Waals surface area contributed by atoms with Crippen molar-refractivity contribution in [2.75, 3.05) is 5.43 Å². The lowest BCUT2D eigenvalue weighted by atomic mass is 9.87. The number of nitrogens with zero attached hydrogens (tertiary/aromatic N) is 1. The molecule has 1 aliphatic carbocycles. The molecule has 84 valence electrons. The molecule has 2 atom stereocenters. The third-order valence-electron chi connectivity index (χ3n) is 3.52. The monoisotopic (exact) mass is 206 g/mol. The van der Waals surface area contributed by atoms with Crippen molar-refractivity contribution in [3.63, 3.8) is 0 Å². The smallest absolute Gasteiger partial charge is 0.0427 e. The van der Waals surface area contributed by atoms with Crippen molar-refractivity contribution in [2.24, 2.45) is 5.92 Å². The highest BCUT2D eigenvalue weighted by Gasteiger charge is 2.19. The van der Waals surface area contributed by atoms with E-state index in [1.54, 1.807) is 0 Å². The van der Waals surface area contributed by atoms with Crippen molar-refractivity contribution in [3.8, 4) is 0 Å². The Morgan fingerprint density at radius 3 is 2.47 bits per heavy atom. The molecule has 1 N–H and O–H groups in total. The van der Waals surface area contributed by atoms with Gasteiger partial charge >= 0.3 is 0 Å². The Morgan fingerprint density at radius 1 is 1.20 bits per heavy atom. The summed E-state index contributed by atoms with van der Waals surface area (Å²) in [6, 6.07) is 5.02. The van der Waals surface area contributed by atoms with Crippen LogP contribution in [0, 0.1) is 19.8 Å². The molecule has 0 saturated heterocycles. The Morgan fingerprint density at radius 2 is 1.87 bits per heavy atom. The second kappa shape index (κ2) is 4.30. The standard InChI is InChI=1S/C13H22N2/c1-10-5-4-6-13(9-10)14-15-11(2)7-8-12(15)3/h7-8,10,13-14H,4-6,9H2,1-3H3. The van der Waals surface area contributed by atoms with Gasteiger partial charge in [-0.2, -0.15) is 0 Å². The highest BCUT2D eigenvalue weighted by atomic mass is 15.4. The summed E-state index contributed by atoms with van der Waals surface area (Å²) in [5, 5.41) is 0. The minimum Gasteiger partial charge on any atom is -0.323 e. The summed E-state index contributed by atoms with van der Waals surface area (Å²) >= 11 is 0. The molecule has 0 aromatic carbocycles. The predicted octanol–water partition coefficient (Wildman–Crippen LogP) is 3.23. The molecule has 1 saturated carbocycles. The molecule has 15 heavy (non-hydrogen) atoms. The second-order valence-corrected chi connectivity index (χ2v) is 5.05. The first-order valence-electron chi connectivity index (χ1n) is 6.08. The quantitative estimate of drug-likeness (QED) is 0.786. The maximum atomic E-state index is 3.64. The van der Waals surface area contributed by atoms with Crippen LogP contribution >= 0.6 is 0 Å². The molecule has 0 radical (unpaired) electrons. The van der Waals surface area contributed by atoms with Crippen LogP contribution < -0.4 is 5.43 Å². The number of rotatable bonds is 2. The highest BCUT2D eigenvalue weighted by molar-refractivity contribution is 5.16. The van der Waals surface area contributed by atoms with Gasteiger partial charge in [0, 0.05) is 17.4 Å². The molecule has 0 aliphatic heterocycles. The fourth-order valence-corrected chi connectivity index (χ4v) is 2.61. The fraction of sp³-hybridized carbons (Fsp3) is 0.692. The van der Waals surface area contributed by atoms with Gasteiger partial charge in [0.1, 0.15) is 0 Å². The van der Waals surface area contributed by atoms with E-state index in [0.29, 0.717) is 6.04 Å². The fourth-order valence-electron chi connectivity index (χ4n) is 2.61. The summed E-state index contributed by atoms with van der Waals surface area (Å²) in [5.41, 5.74) is 6.27. The van der Waals surface area contributed by atoms with Gasteiger partial charge in [-0.25, -0.2) is 0 Å². The van der Waals surface area contributed by atoms with E-state index in [9.17, 15) is 0 Å². The zero-order valence-corrected chi connectivity index (χ0v) is 10.1. The van der Waals surface area contributed by atoms with E-state index in [2.05, 4.69) is 43.0 Å². The van der Waals surface area contributed by atoms with Crippen molar-refractivity contribution in [1.29, 1.82) is 0 Å². The first-order chi connectivity index (χ1) is 7.16. The van der Waals surface area contributed by atoms with E-state index in [0.717, 1.165) is 5.92 Å². The van der Waals surface area contributed by atoms with Gasteiger partial charge in [0.2, 0.25) is 0 Å². The van der Waals surface area contributed by atoms with Crippen LogP contribution in [-0.4, -0.2) is 10.7 Å². The lowest BCUT2D eigenvalue weighted by Crippen LogP contribution is -2.33. The number of hydrogen-bond acceptors (Lipinski definition) is 1. The number of aryl methyl sites for hydroxylation is 2. The molecule has 2 rings (SSSR count). The zero-order chi connectivity index (χ0) is 10.8. The van der Waals surface area contributed by atoms with E-state index >= 15 is 0 Å². The lowest BCUT2D eigenvalue weighted by Gasteiger charge is -2.29. The largest absolute Gasteiger partial charge is 0.323 e. The van der Waals surface area contributed by atoms with Gasteiger partial charge in [0.15, 0.2) is 0 Å². The van der Waals surface area contributed by atoms with Gasteiger partial charge in [0.05, 0.1) is 0 Å². The summed E-state index contributed by atoms with van der Waals surface area (Å²) in [6.07, 6.45) is 5.42. The maximum absolute atomic E-state index is 3.64.